The van der Waals surface area contributed by atoms with Crippen molar-refractivity contribution in [2.45, 2.75) is 31.9 Å². The second-order valence-corrected chi connectivity index (χ2v) is 7.25. The highest BCUT2D eigenvalue weighted by atomic mass is 19.4. The molecule has 1 unspecified atom stereocenters. The monoisotopic (exact) mass is 453 g/mol. The molecule has 0 fully saturated rings. The van der Waals surface area contributed by atoms with E-state index in [1.807, 2.05) is 0 Å². The average molecular weight is 453 g/mol. The van der Waals surface area contributed by atoms with Crippen LogP contribution in [0.15, 0.2) is 42.5 Å². The van der Waals surface area contributed by atoms with Crippen LogP contribution in [0.1, 0.15) is 36.0 Å². The lowest BCUT2D eigenvalue weighted by Crippen LogP contribution is -2.46. The molecule has 174 valence electrons. The van der Waals surface area contributed by atoms with Crippen LogP contribution in [0.25, 0.3) is 0 Å². The summed E-state index contributed by atoms with van der Waals surface area (Å²) in [5.74, 6) is -2.09. The Morgan fingerprint density at radius 3 is 1.97 bits per heavy atom. The fourth-order valence-electron chi connectivity index (χ4n) is 3.86. The highest BCUT2D eigenvalue weighted by Crippen LogP contribution is 2.45. The minimum atomic E-state index is -4.58. The average Bonchev–Trinajstić information content (AvgIpc) is 2.78. The van der Waals surface area contributed by atoms with Crippen molar-refractivity contribution in [3.63, 3.8) is 0 Å². The van der Waals surface area contributed by atoms with Crippen molar-refractivity contribution in [3.8, 4) is 5.75 Å². The highest BCUT2D eigenvalue weighted by Gasteiger charge is 2.53. The molecule has 0 aliphatic rings. The molecular formula is C23H26F3NO5. The largest absolute Gasteiger partial charge is 0.497 e. The van der Waals surface area contributed by atoms with Gasteiger partial charge in [0.15, 0.2) is 5.41 Å². The second-order valence-electron chi connectivity index (χ2n) is 7.25. The van der Waals surface area contributed by atoms with Crippen molar-refractivity contribution in [2.24, 2.45) is 5.41 Å². The molecule has 2 aromatic rings. The molecule has 0 aromatic heterocycles. The van der Waals surface area contributed by atoms with Crippen LogP contribution in [0.4, 0.5) is 18.9 Å². The molecule has 2 aromatic carbocycles. The second kappa shape index (κ2) is 9.93. The Hall–Kier alpha value is -3.23. The van der Waals surface area contributed by atoms with Gasteiger partial charge in [0.05, 0.1) is 26.9 Å². The number of nitrogens with two attached hydrogens (primary N) is 1. The van der Waals surface area contributed by atoms with Crippen LogP contribution in [-0.4, -0.2) is 33.3 Å². The molecule has 2 N–H and O–H groups in total. The number of benzene rings is 2. The third-order valence-corrected chi connectivity index (χ3v) is 5.66. The first-order valence-electron chi connectivity index (χ1n) is 9.81. The van der Waals surface area contributed by atoms with Crippen LogP contribution in [0.2, 0.25) is 0 Å². The summed E-state index contributed by atoms with van der Waals surface area (Å²) < 4.78 is 55.0. The van der Waals surface area contributed by atoms with Crippen LogP contribution < -0.4 is 10.5 Å². The van der Waals surface area contributed by atoms with Crippen molar-refractivity contribution in [1.29, 1.82) is 0 Å². The maximum absolute atomic E-state index is 13.3. The molecule has 0 saturated carbocycles. The number of alkyl halides is 3. The zero-order valence-electron chi connectivity index (χ0n) is 18.3. The van der Waals surface area contributed by atoms with Gasteiger partial charge in [-0.3, -0.25) is 9.59 Å². The SMILES string of the molecule is CCC(C(=O)OC)(C(=O)OC)C(Cc1cc(C(F)(F)F)ccc1N)c1ccc(OC)cc1. The lowest BCUT2D eigenvalue weighted by atomic mass is 9.67. The van der Waals surface area contributed by atoms with Gasteiger partial charge in [0, 0.05) is 11.6 Å². The molecule has 0 saturated heterocycles. The van der Waals surface area contributed by atoms with Gasteiger partial charge in [0.1, 0.15) is 5.75 Å². The first-order valence-corrected chi connectivity index (χ1v) is 9.81. The van der Waals surface area contributed by atoms with Crippen LogP contribution in [-0.2, 0) is 31.7 Å². The quantitative estimate of drug-likeness (QED) is 0.363. The topological polar surface area (TPSA) is 87.9 Å². The maximum Gasteiger partial charge on any atom is 0.416 e. The predicted octanol–water partition coefficient (Wildman–Crippen LogP) is 4.36. The number of esters is 2. The molecule has 0 spiro atoms. The molecule has 9 heteroatoms. The summed E-state index contributed by atoms with van der Waals surface area (Å²) in [5, 5.41) is 0. The first kappa shape index (κ1) is 25.0. The molecule has 32 heavy (non-hydrogen) atoms. The van der Waals surface area contributed by atoms with Crippen LogP contribution in [0, 0.1) is 5.41 Å². The van der Waals surface area contributed by atoms with Crippen molar-refractivity contribution >= 4 is 17.6 Å². The van der Waals surface area contributed by atoms with Crippen molar-refractivity contribution in [2.75, 3.05) is 27.1 Å². The minimum absolute atomic E-state index is 0.0120. The molecule has 0 amide bonds. The third kappa shape index (κ3) is 4.81. The summed E-state index contributed by atoms with van der Waals surface area (Å²) in [7, 11) is 3.76. The Balaban J connectivity index is 2.73. The van der Waals surface area contributed by atoms with E-state index in [1.54, 1.807) is 31.2 Å². The summed E-state index contributed by atoms with van der Waals surface area (Å²) in [6.07, 6.45) is -4.73. The number of methoxy groups -OCH3 is 3. The smallest absolute Gasteiger partial charge is 0.416 e. The van der Waals surface area contributed by atoms with E-state index in [2.05, 4.69) is 0 Å². The van der Waals surface area contributed by atoms with Gasteiger partial charge in [0.25, 0.3) is 0 Å². The van der Waals surface area contributed by atoms with Gasteiger partial charge >= 0.3 is 18.1 Å². The number of carbonyl (C=O) groups is 2. The predicted molar refractivity (Wildman–Crippen MR) is 112 cm³/mol. The normalized spacial score (nSPS) is 12.7. The standard InChI is InChI=1S/C23H26F3NO5/c1-5-22(20(28)31-3,21(29)32-4)18(14-6-9-17(30-2)10-7-14)13-15-12-16(23(24,25)26)8-11-19(15)27/h6-12,18H,5,13,27H2,1-4H3. The molecule has 2 rings (SSSR count). The van der Waals surface area contributed by atoms with Crippen LogP contribution in [0.5, 0.6) is 5.75 Å². The molecule has 0 radical (unpaired) electrons. The van der Waals surface area contributed by atoms with Crippen molar-refractivity contribution in [3.05, 3.63) is 59.2 Å². The molecule has 6 nitrogen and oxygen atoms in total. The molecule has 0 heterocycles. The van der Waals surface area contributed by atoms with Gasteiger partial charge in [-0.2, -0.15) is 13.2 Å². The van der Waals surface area contributed by atoms with E-state index in [-0.39, 0.29) is 24.1 Å². The number of carbonyl (C=O) groups excluding carboxylic acids is 2. The number of hydrogen-bond acceptors (Lipinski definition) is 6. The fraction of sp³-hybridized carbons (Fsp3) is 0.391. The van der Waals surface area contributed by atoms with Crippen LogP contribution >= 0.6 is 0 Å². The number of halogens is 3. The molecule has 1 atom stereocenters. The van der Waals surface area contributed by atoms with E-state index in [0.29, 0.717) is 11.3 Å². The summed E-state index contributed by atoms with van der Waals surface area (Å²) in [4.78, 5) is 25.9. The van der Waals surface area contributed by atoms with Crippen molar-refractivity contribution in [1.82, 2.24) is 0 Å². The Bertz CT molecular complexity index is 941. The number of hydrogen-bond donors (Lipinski definition) is 1. The van der Waals surface area contributed by atoms with E-state index < -0.39 is 35.0 Å². The van der Waals surface area contributed by atoms with Gasteiger partial charge in [-0.05, 0) is 54.3 Å². The maximum atomic E-state index is 13.3. The Kier molecular flexibility index (Phi) is 7.77. The zero-order valence-corrected chi connectivity index (χ0v) is 18.3. The van der Waals surface area contributed by atoms with Gasteiger partial charge in [-0.1, -0.05) is 19.1 Å². The lowest BCUT2D eigenvalue weighted by molar-refractivity contribution is -0.171. The highest BCUT2D eigenvalue weighted by molar-refractivity contribution is 6.01. The number of rotatable bonds is 8. The fourth-order valence-corrected chi connectivity index (χ4v) is 3.86. The molecule has 0 aliphatic carbocycles. The molecule has 0 aliphatic heterocycles. The van der Waals surface area contributed by atoms with E-state index in [4.69, 9.17) is 19.9 Å². The summed E-state index contributed by atoms with van der Waals surface area (Å²) in [6.45, 7) is 1.61. The van der Waals surface area contributed by atoms with Gasteiger partial charge in [0.2, 0.25) is 0 Å². The van der Waals surface area contributed by atoms with E-state index in [9.17, 15) is 22.8 Å². The van der Waals surface area contributed by atoms with Gasteiger partial charge in [-0.25, -0.2) is 0 Å². The zero-order chi connectivity index (χ0) is 24.1. The number of anilines is 1. The van der Waals surface area contributed by atoms with Gasteiger partial charge < -0.3 is 19.9 Å². The lowest BCUT2D eigenvalue weighted by Gasteiger charge is -2.36. The summed E-state index contributed by atoms with van der Waals surface area (Å²) in [5.41, 5.74) is 4.07. The Labute approximate surface area is 184 Å². The van der Waals surface area contributed by atoms with Crippen molar-refractivity contribution < 1.29 is 37.0 Å². The molecule has 0 bridgehead atoms. The Morgan fingerprint density at radius 1 is 0.969 bits per heavy atom. The molecular weight excluding hydrogens is 427 g/mol. The number of nitrogen functional groups attached to an aromatic ring is 1. The van der Waals surface area contributed by atoms with E-state index in [1.165, 1.54) is 7.11 Å². The van der Waals surface area contributed by atoms with Crippen LogP contribution in [0.3, 0.4) is 0 Å². The van der Waals surface area contributed by atoms with Gasteiger partial charge in [-0.15, -0.1) is 0 Å². The van der Waals surface area contributed by atoms with E-state index >= 15 is 0 Å². The van der Waals surface area contributed by atoms with E-state index in [0.717, 1.165) is 32.4 Å². The summed E-state index contributed by atoms with van der Waals surface area (Å²) >= 11 is 0. The first-order chi connectivity index (χ1) is 15.0. The minimum Gasteiger partial charge on any atom is -0.497 e. The third-order valence-electron chi connectivity index (χ3n) is 5.66. The Morgan fingerprint density at radius 2 is 1.53 bits per heavy atom. The summed E-state index contributed by atoms with van der Waals surface area (Å²) in [6, 6.07) is 9.52. The number of ether oxygens (including phenoxy) is 3.